The summed E-state index contributed by atoms with van der Waals surface area (Å²) in [6.07, 6.45) is 2.07. The van der Waals surface area contributed by atoms with Crippen LogP contribution in [-0.2, 0) is 6.42 Å². The lowest BCUT2D eigenvalue weighted by Gasteiger charge is -2.35. The third-order valence-electron chi connectivity index (χ3n) is 3.66. The normalized spacial score (nSPS) is 25.1. The van der Waals surface area contributed by atoms with Crippen LogP contribution in [0, 0.1) is 12.8 Å². The summed E-state index contributed by atoms with van der Waals surface area (Å²) in [6, 6.07) is 2.57. The molecule has 2 rings (SSSR count). The Hall–Kier alpha value is -1.16. The Morgan fingerprint density at radius 3 is 2.89 bits per heavy atom. The first-order valence-corrected chi connectivity index (χ1v) is 6.88. The number of hydrogen-bond acceptors (Lipinski definition) is 4. The van der Waals surface area contributed by atoms with Gasteiger partial charge in [-0.25, -0.2) is 9.97 Å². The summed E-state index contributed by atoms with van der Waals surface area (Å²) in [5, 5.41) is 3.59. The van der Waals surface area contributed by atoms with Crippen molar-refractivity contribution in [3.05, 3.63) is 17.6 Å². The number of nitrogens with zero attached hydrogens (tertiary/aromatic N) is 3. The molecule has 1 aromatic heterocycles. The molecule has 18 heavy (non-hydrogen) atoms. The van der Waals surface area contributed by atoms with Crippen molar-refractivity contribution in [2.75, 3.05) is 25.5 Å². The zero-order valence-corrected chi connectivity index (χ0v) is 11.9. The zero-order chi connectivity index (χ0) is 13.1. The molecule has 2 atom stereocenters. The molecule has 0 bridgehead atoms. The van der Waals surface area contributed by atoms with Gasteiger partial charge in [0.05, 0.1) is 0 Å². The fourth-order valence-electron chi connectivity index (χ4n) is 2.62. The molecular weight excluding hydrogens is 224 g/mol. The van der Waals surface area contributed by atoms with Gasteiger partial charge in [0.25, 0.3) is 0 Å². The van der Waals surface area contributed by atoms with Crippen LogP contribution in [0.2, 0.25) is 0 Å². The molecule has 0 amide bonds. The quantitative estimate of drug-likeness (QED) is 0.889. The highest BCUT2D eigenvalue weighted by Gasteiger charge is 2.24. The van der Waals surface area contributed by atoms with Crippen molar-refractivity contribution in [1.29, 1.82) is 0 Å². The molecule has 1 aliphatic rings. The summed E-state index contributed by atoms with van der Waals surface area (Å²) in [5.41, 5.74) is 1.05. The van der Waals surface area contributed by atoms with Gasteiger partial charge in [0.2, 0.25) is 0 Å². The van der Waals surface area contributed by atoms with Crippen LogP contribution in [0.3, 0.4) is 0 Å². The average Bonchev–Trinajstić information content (AvgIpc) is 2.32. The van der Waals surface area contributed by atoms with Gasteiger partial charge in [0.15, 0.2) is 0 Å². The van der Waals surface area contributed by atoms with Crippen LogP contribution >= 0.6 is 0 Å². The summed E-state index contributed by atoms with van der Waals surface area (Å²) in [4.78, 5) is 11.4. The van der Waals surface area contributed by atoms with E-state index in [4.69, 9.17) is 0 Å². The molecule has 1 aliphatic heterocycles. The second kappa shape index (κ2) is 5.65. The summed E-state index contributed by atoms with van der Waals surface area (Å²) >= 11 is 0. The fourth-order valence-corrected chi connectivity index (χ4v) is 2.62. The third-order valence-corrected chi connectivity index (χ3v) is 3.66. The highest BCUT2D eigenvalue weighted by atomic mass is 15.1. The number of aromatic nitrogens is 2. The van der Waals surface area contributed by atoms with E-state index in [-0.39, 0.29) is 0 Å². The van der Waals surface area contributed by atoms with Gasteiger partial charge in [-0.3, -0.25) is 0 Å². The molecule has 0 spiro atoms. The maximum Gasteiger partial charge on any atom is 0.130 e. The van der Waals surface area contributed by atoms with Crippen molar-refractivity contribution in [3.63, 3.8) is 0 Å². The standard InChI is InChI=1S/C14H24N4/c1-5-13-15-11(3)8-14(17-13)16-12-6-7-18(4)9-10(12)2/h8,10,12H,5-7,9H2,1-4H3,(H,15,16,17). The molecule has 4 heteroatoms. The van der Waals surface area contributed by atoms with Gasteiger partial charge in [-0.1, -0.05) is 13.8 Å². The Labute approximate surface area is 110 Å². The van der Waals surface area contributed by atoms with Gasteiger partial charge in [0, 0.05) is 30.8 Å². The fraction of sp³-hybridized carbons (Fsp3) is 0.714. The van der Waals surface area contributed by atoms with Crippen molar-refractivity contribution < 1.29 is 0 Å². The lowest BCUT2D eigenvalue weighted by atomic mass is 9.94. The molecule has 1 fully saturated rings. The number of rotatable bonds is 3. The molecule has 2 unspecified atom stereocenters. The molecule has 1 aromatic rings. The van der Waals surface area contributed by atoms with E-state index in [1.54, 1.807) is 0 Å². The zero-order valence-electron chi connectivity index (χ0n) is 11.9. The molecular formula is C14H24N4. The number of hydrogen-bond donors (Lipinski definition) is 1. The van der Waals surface area contributed by atoms with Crippen molar-refractivity contribution in [2.45, 2.75) is 39.7 Å². The largest absolute Gasteiger partial charge is 0.367 e. The van der Waals surface area contributed by atoms with Crippen LogP contribution in [0.1, 0.15) is 31.8 Å². The van der Waals surface area contributed by atoms with Gasteiger partial charge in [-0.2, -0.15) is 0 Å². The van der Waals surface area contributed by atoms with E-state index in [0.29, 0.717) is 12.0 Å². The Morgan fingerprint density at radius 2 is 2.22 bits per heavy atom. The predicted molar refractivity (Wildman–Crippen MR) is 74.8 cm³/mol. The van der Waals surface area contributed by atoms with E-state index in [0.717, 1.165) is 36.8 Å². The van der Waals surface area contributed by atoms with Gasteiger partial charge in [0.1, 0.15) is 11.6 Å². The smallest absolute Gasteiger partial charge is 0.130 e. The van der Waals surface area contributed by atoms with Crippen molar-refractivity contribution in [2.24, 2.45) is 5.92 Å². The monoisotopic (exact) mass is 248 g/mol. The van der Waals surface area contributed by atoms with Gasteiger partial charge in [-0.05, 0) is 32.9 Å². The summed E-state index contributed by atoms with van der Waals surface area (Å²) in [6.45, 7) is 8.75. The second-order valence-corrected chi connectivity index (χ2v) is 5.44. The lowest BCUT2D eigenvalue weighted by Crippen LogP contribution is -2.43. The van der Waals surface area contributed by atoms with Crippen LogP contribution < -0.4 is 5.32 Å². The Kier molecular flexibility index (Phi) is 4.17. The maximum atomic E-state index is 4.56. The topological polar surface area (TPSA) is 41.1 Å². The first-order valence-electron chi connectivity index (χ1n) is 6.88. The highest BCUT2D eigenvalue weighted by molar-refractivity contribution is 5.37. The van der Waals surface area contributed by atoms with Crippen LogP contribution in [0.4, 0.5) is 5.82 Å². The molecule has 4 nitrogen and oxygen atoms in total. The molecule has 0 radical (unpaired) electrons. The Bertz CT molecular complexity index is 405. The van der Waals surface area contributed by atoms with Crippen molar-refractivity contribution >= 4 is 5.82 Å². The molecule has 0 aliphatic carbocycles. The summed E-state index contributed by atoms with van der Waals surface area (Å²) in [7, 11) is 2.19. The van der Waals surface area contributed by atoms with E-state index >= 15 is 0 Å². The molecule has 0 saturated carbocycles. The van der Waals surface area contributed by atoms with Crippen LogP contribution in [0.25, 0.3) is 0 Å². The van der Waals surface area contributed by atoms with E-state index in [1.807, 2.05) is 13.0 Å². The number of likely N-dealkylation sites (tertiary alicyclic amines) is 1. The minimum absolute atomic E-state index is 0.528. The van der Waals surface area contributed by atoms with E-state index in [9.17, 15) is 0 Å². The van der Waals surface area contributed by atoms with E-state index in [2.05, 4.69) is 41.1 Å². The SMILES string of the molecule is CCc1nc(C)cc(NC2CCN(C)CC2C)n1. The molecule has 100 valence electrons. The third kappa shape index (κ3) is 3.19. The number of piperidine rings is 1. The maximum absolute atomic E-state index is 4.56. The van der Waals surface area contributed by atoms with Crippen molar-refractivity contribution in [1.82, 2.24) is 14.9 Å². The van der Waals surface area contributed by atoms with Crippen LogP contribution in [-0.4, -0.2) is 41.0 Å². The Balaban J connectivity index is 2.06. The number of anilines is 1. The number of nitrogens with one attached hydrogen (secondary N) is 1. The van der Waals surface area contributed by atoms with Gasteiger partial charge in [-0.15, -0.1) is 0 Å². The molecule has 0 aromatic carbocycles. The van der Waals surface area contributed by atoms with Crippen molar-refractivity contribution in [3.8, 4) is 0 Å². The Morgan fingerprint density at radius 1 is 1.44 bits per heavy atom. The molecule has 2 heterocycles. The predicted octanol–water partition coefficient (Wildman–Crippen LogP) is 2.10. The van der Waals surface area contributed by atoms with Gasteiger partial charge >= 0.3 is 0 Å². The number of aryl methyl sites for hydroxylation is 2. The molecule has 1 saturated heterocycles. The van der Waals surface area contributed by atoms with Crippen LogP contribution in [0.5, 0.6) is 0 Å². The first kappa shape index (κ1) is 13.3. The lowest BCUT2D eigenvalue weighted by molar-refractivity contribution is 0.206. The minimum Gasteiger partial charge on any atom is -0.367 e. The summed E-state index contributed by atoms with van der Waals surface area (Å²) in [5.74, 6) is 2.57. The average molecular weight is 248 g/mol. The molecule has 1 N–H and O–H groups in total. The van der Waals surface area contributed by atoms with E-state index < -0.39 is 0 Å². The van der Waals surface area contributed by atoms with Crippen LogP contribution in [0.15, 0.2) is 6.07 Å². The first-order chi connectivity index (χ1) is 8.58. The minimum atomic E-state index is 0.528. The second-order valence-electron chi connectivity index (χ2n) is 5.44. The highest BCUT2D eigenvalue weighted by Crippen LogP contribution is 2.19. The van der Waals surface area contributed by atoms with E-state index in [1.165, 1.54) is 6.42 Å². The summed E-state index contributed by atoms with van der Waals surface area (Å²) < 4.78 is 0. The van der Waals surface area contributed by atoms with Gasteiger partial charge < -0.3 is 10.2 Å².